The number of rotatable bonds is 6. The molecule has 23 heavy (non-hydrogen) atoms. The molecule has 0 N–H and O–H groups in total. The Hall–Kier alpha value is -1.83. The van der Waals surface area contributed by atoms with E-state index in [0.29, 0.717) is 0 Å². The van der Waals surface area contributed by atoms with Gasteiger partial charge in [-0.3, -0.25) is 0 Å². The van der Waals surface area contributed by atoms with Gasteiger partial charge in [0, 0.05) is 10.8 Å². The second kappa shape index (κ2) is 7.63. The third-order valence-electron chi connectivity index (χ3n) is 2.77. The lowest BCUT2D eigenvalue weighted by Gasteiger charge is -1.97. The fourth-order valence-electron chi connectivity index (χ4n) is 1.63. The fourth-order valence-corrected chi connectivity index (χ4v) is 4.79. The normalized spacial score (nSPS) is 12.9. The van der Waals surface area contributed by atoms with Crippen LogP contribution in [0, 0.1) is 0 Å². The molecular formula is C16H14O4S3. The first-order valence-corrected chi connectivity index (χ1v) is 10.5. The third-order valence-corrected chi connectivity index (χ3v) is 6.55. The van der Waals surface area contributed by atoms with E-state index in [1.807, 2.05) is 0 Å². The largest absolute Gasteiger partial charge is 0.219 e. The number of sulfone groups is 2. The SMILES string of the molecule is O=S(=O)(/C=C/S/C=C/S(=O)(=O)c1ccccc1)c1ccccc1. The van der Waals surface area contributed by atoms with Crippen molar-refractivity contribution in [1.29, 1.82) is 0 Å². The molecule has 0 amide bonds. The summed E-state index contributed by atoms with van der Waals surface area (Å²) >= 11 is 0.977. The summed E-state index contributed by atoms with van der Waals surface area (Å²) in [4.78, 5) is 0.385. The highest BCUT2D eigenvalue weighted by molar-refractivity contribution is 8.06. The zero-order chi connectivity index (χ0) is 16.8. The lowest BCUT2D eigenvalue weighted by molar-refractivity contribution is 0.603. The molecule has 0 radical (unpaired) electrons. The lowest BCUT2D eigenvalue weighted by atomic mass is 10.4. The van der Waals surface area contributed by atoms with Crippen molar-refractivity contribution in [2.75, 3.05) is 0 Å². The monoisotopic (exact) mass is 366 g/mol. The van der Waals surface area contributed by atoms with Gasteiger partial charge in [-0.25, -0.2) is 16.8 Å². The maximum absolute atomic E-state index is 12.0. The summed E-state index contributed by atoms with van der Waals surface area (Å²) in [7, 11) is -7.03. The van der Waals surface area contributed by atoms with Crippen molar-refractivity contribution < 1.29 is 16.8 Å². The highest BCUT2D eigenvalue weighted by atomic mass is 32.2. The minimum atomic E-state index is -3.51. The predicted molar refractivity (Wildman–Crippen MR) is 93.1 cm³/mol. The van der Waals surface area contributed by atoms with E-state index in [-0.39, 0.29) is 9.79 Å². The summed E-state index contributed by atoms with van der Waals surface area (Å²) in [6, 6.07) is 16.0. The van der Waals surface area contributed by atoms with Crippen LogP contribution >= 0.6 is 11.8 Å². The highest BCUT2D eigenvalue weighted by Gasteiger charge is 2.09. The van der Waals surface area contributed by atoms with Gasteiger partial charge in [0.15, 0.2) is 19.7 Å². The Morgan fingerprint density at radius 1 is 0.609 bits per heavy atom. The Balaban J connectivity index is 2.02. The maximum Gasteiger partial charge on any atom is 0.200 e. The second-order valence-electron chi connectivity index (χ2n) is 4.40. The summed E-state index contributed by atoms with van der Waals surface area (Å²) in [6.45, 7) is 0. The standard InChI is InChI=1S/C16H14O4S3/c17-22(18,15-7-3-1-4-8-15)13-11-21-12-14-23(19,20)16-9-5-2-6-10-16/h1-14H/b13-11+,14-12+. The van der Waals surface area contributed by atoms with Crippen LogP contribution in [0.25, 0.3) is 0 Å². The van der Waals surface area contributed by atoms with Crippen molar-refractivity contribution in [1.82, 2.24) is 0 Å². The van der Waals surface area contributed by atoms with Crippen molar-refractivity contribution in [2.45, 2.75) is 9.79 Å². The van der Waals surface area contributed by atoms with Crippen LogP contribution < -0.4 is 0 Å². The molecule has 0 fully saturated rings. The molecule has 0 atom stereocenters. The van der Waals surface area contributed by atoms with Gasteiger partial charge in [0.25, 0.3) is 0 Å². The number of benzene rings is 2. The van der Waals surface area contributed by atoms with Gasteiger partial charge >= 0.3 is 0 Å². The van der Waals surface area contributed by atoms with Crippen LogP contribution in [-0.4, -0.2) is 16.8 Å². The average molecular weight is 366 g/mol. The molecule has 4 nitrogen and oxygen atoms in total. The van der Waals surface area contributed by atoms with E-state index in [1.54, 1.807) is 36.4 Å². The van der Waals surface area contributed by atoms with Crippen LogP contribution in [-0.2, 0) is 19.7 Å². The van der Waals surface area contributed by atoms with E-state index >= 15 is 0 Å². The van der Waals surface area contributed by atoms with Crippen molar-refractivity contribution in [3.63, 3.8) is 0 Å². The lowest BCUT2D eigenvalue weighted by Crippen LogP contribution is -1.95. The first kappa shape index (κ1) is 17.5. The van der Waals surface area contributed by atoms with E-state index in [0.717, 1.165) is 22.6 Å². The highest BCUT2D eigenvalue weighted by Crippen LogP contribution is 2.16. The second-order valence-corrected chi connectivity index (χ2v) is 8.88. The Labute approximate surface area is 140 Å². The Kier molecular flexibility index (Phi) is 5.81. The molecule has 0 saturated heterocycles. The molecule has 0 saturated carbocycles. The van der Waals surface area contributed by atoms with Crippen molar-refractivity contribution >= 4 is 31.4 Å². The molecule has 0 aliphatic rings. The first-order chi connectivity index (χ1) is 10.9. The van der Waals surface area contributed by atoms with Gasteiger partial charge < -0.3 is 0 Å². The van der Waals surface area contributed by atoms with Crippen molar-refractivity contribution in [3.05, 3.63) is 82.3 Å². The molecular weight excluding hydrogens is 352 g/mol. The zero-order valence-electron chi connectivity index (χ0n) is 11.9. The molecule has 120 valence electrons. The van der Waals surface area contributed by atoms with Gasteiger partial charge in [0.1, 0.15) is 0 Å². The smallest absolute Gasteiger partial charge is 0.200 e. The maximum atomic E-state index is 12.0. The summed E-state index contributed by atoms with van der Waals surface area (Å²) in [5, 5.41) is 4.76. The van der Waals surface area contributed by atoms with Gasteiger partial charge in [-0.1, -0.05) is 36.4 Å². The molecule has 2 aromatic carbocycles. The minimum absolute atomic E-state index is 0.192. The van der Waals surface area contributed by atoms with Gasteiger partial charge in [-0.05, 0) is 35.1 Å². The summed E-state index contributed by atoms with van der Waals surface area (Å²) in [5.41, 5.74) is 0. The van der Waals surface area contributed by atoms with Crippen LogP contribution in [0.5, 0.6) is 0 Å². The van der Waals surface area contributed by atoms with E-state index in [1.165, 1.54) is 35.1 Å². The summed E-state index contributed by atoms with van der Waals surface area (Å²) in [6.07, 6.45) is 0. The van der Waals surface area contributed by atoms with E-state index in [4.69, 9.17) is 0 Å². The molecule has 2 rings (SSSR count). The molecule has 0 aromatic heterocycles. The van der Waals surface area contributed by atoms with Crippen LogP contribution in [0.4, 0.5) is 0 Å². The Morgan fingerprint density at radius 3 is 1.30 bits per heavy atom. The molecule has 7 heteroatoms. The molecule has 0 heterocycles. The molecule has 0 aliphatic heterocycles. The van der Waals surface area contributed by atoms with E-state index < -0.39 is 19.7 Å². The van der Waals surface area contributed by atoms with Crippen LogP contribution in [0.2, 0.25) is 0 Å². The van der Waals surface area contributed by atoms with Gasteiger partial charge in [0.05, 0.1) is 9.79 Å². The van der Waals surface area contributed by atoms with Gasteiger partial charge in [0.2, 0.25) is 0 Å². The quantitative estimate of drug-likeness (QED) is 0.781. The van der Waals surface area contributed by atoms with E-state index in [9.17, 15) is 16.8 Å². The van der Waals surface area contributed by atoms with Crippen LogP contribution in [0.3, 0.4) is 0 Å². The average Bonchev–Trinajstić information content (AvgIpc) is 2.56. The fraction of sp³-hybridized carbons (Fsp3) is 0. The first-order valence-electron chi connectivity index (χ1n) is 6.51. The number of hydrogen-bond donors (Lipinski definition) is 0. The summed E-state index contributed by atoms with van der Waals surface area (Å²) in [5.74, 6) is 0. The predicted octanol–water partition coefficient (Wildman–Crippen LogP) is 3.61. The Morgan fingerprint density at radius 2 is 0.957 bits per heavy atom. The molecule has 0 bridgehead atoms. The van der Waals surface area contributed by atoms with E-state index in [2.05, 4.69) is 0 Å². The van der Waals surface area contributed by atoms with Crippen molar-refractivity contribution in [3.8, 4) is 0 Å². The molecule has 0 unspecified atom stereocenters. The molecule has 2 aromatic rings. The minimum Gasteiger partial charge on any atom is -0.219 e. The topological polar surface area (TPSA) is 68.3 Å². The van der Waals surface area contributed by atoms with Crippen LogP contribution in [0.1, 0.15) is 0 Å². The van der Waals surface area contributed by atoms with Gasteiger partial charge in [-0.15, -0.1) is 11.8 Å². The van der Waals surface area contributed by atoms with Crippen LogP contribution in [0.15, 0.2) is 92.1 Å². The molecule has 0 spiro atoms. The third kappa shape index (κ3) is 5.09. The number of hydrogen-bond acceptors (Lipinski definition) is 5. The number of thioether (sulfide) groups is 1. The van der Waals surface area contributed by atoms with Crippen molar-refractivity contribution in [2.24, 2.45) is 0 Å². The summed E-state index contributed by atoms with van der Waals surface area (Å²) < 4.78 is 47.9. The zero-order valence-corrected chi connectivity index (χ0v) is 14.4. The molecule has 0 aliphatic carbocycles. The van der Waals surface area contributed by atoms with Gasteiger partial charge in [-0.2, -0.15) is 0 Å². The Bertz CT molecular complexity index is 821.